The molecule has 26 heavy (non-hydrogen) atoms. The molecule has 9 heteroatoms. The van der Waals surface area contributed by atoms with E-state index in [2.05, 4.69) is 0 Å². The minimum atomic E-state index is -0.722. The summed E-state index contributed by atoms with van der Waals surface area (Å²) >= 11 is 13.1. The first-order valence-corrected chi connectivity index (χ1v) is 9.21. The Bertz CT molecular complexity index is 882. The van der Waals surface area contributed by atoms with Crippen LogP contribution in [0.15, 0.2) is 35.7 Å². The number of carbonyl (C=O) groups is 4. The summed E-state index contributed by atoms with van der Waals surface area (Å²) in [5.74, 6) is -2.18. The highest BCUT2D eigenvalue weighted by Gasteiger charge is 2.38. The molecule has 1 fully saturated rings. The first-order chi connectivity index (χ1) is 12.4. The summed E-state index contributed by atoms with van der Waals surface area (Å²) in [6, 6.07) is 7.54. The predicted molar refractivity (Wildman–Crippen MR) is 97.2 cm³/mol. The van der Waals surface area contributed by atoms with Crippen molar-refractivity contribution in [3.05, 3.63) is 56.2 Å². The monoisotopic (exact) mass is 410 g/mol. The van der Waals surface area contributed by atoms with Gasteiger partial charge < -0.3 is 0 Å². The lowest BCUT2D eigenvalue weighted by molar-refractivity contribution is -0.152. The van der Waals surface area contributed by atoms with Crippen molar-refractivity contribution in [2.75, 3.05) is 6.54 Å². The Kier molecular flexibility index (Phi) is 5.41. The first kappa shape index (κ1) is 18.6. The van der Waals surface area contributed by atoms with Crippen LogP contribution in [0.25, 0.3) is 0 Å². The second-order valence-electron chi connectivity index (χ2n) is 5.49. The van der Waals surface area contributed by atoms with E-state index in [-0.39, 0.29) is 29.2 Å². The molecule has 3 amide bonds. The van der Waals surface area contributed by atoms with Crippen LogP contribution in [0.3, 0.4) is 0 Å². The van der Waals surface area contributed by atoms with Crippen LogP contribution in [-0.4, -0.2) is 40.1 Å². The lowest BCUT2D eigenvalue weighted by atomic mass is 10.2. The number of hydrogen-bond acceptors (Lipinski definition) is 5. The molecule has 1 saturated heterocycles. The molecule has 0 spiro atoms. The summed E-state index contributed by atoms with van der Waals surface area (Å²) in [6.45, 7) is -0.449. The van der Waals surface area contributed by atoms with E-state index in [0.717, 1.165) is 10.0 Å². The number of carbonyl (C=O) groups excluding carboxylic acids is 4. The Hall–Kier alpha value is -2.22. The number of imide groups is 1. The zero-order valence-electron chi connectivity index (χ0n) is 13.3. The van der Waals surface area contributed by atoms with Gasteiger partial charge >= 0.3 is 0 Å². The van der Waals surface area contributed by atoms with Gasteiger partial charge in [0.15, 0.2) is 5.78 Å². The number of amides is 3. The normalized spacial score (nSPS) is 14.0. The molecule has 6 nitrogen and oxygen atoms in total. The van der Waals surface area contributed by atoms with Crippen molar-refractivity contribution in [3.63, 3.8) is 0 Å². The molecular formula is C17H12Cl2N2O4S. The highest BCUT2D eigenvalue weighted by Crippen LogP contribution is 2.25. The van der Waals surface area contributed by atoms with Gasteiger partial charge in [-0.3, -0.25) is 19.2 Å². The molecule has 0 N–H and O–H groups in total. The van der Waals surface area contributed by atoms with Crippen LogP contribution in [0.2, 0.25) is 10.0 Å². The van der Waals surface area contributed by atoms with Gasteiger partial charge in [0, 0.05) is 17.9 Å². The molecule has 3 rings (SSSR count). The fourth-order valence-electron chi connectivity index (χ4n) is 2.52. The summed E-state index contributed by atoms with van der Waals surface area (Å²) < 4.78 is 0. The smallest absolute Gasteiger partial charge is 0.274 e. The maximum Gasteiger partial charge on any atom is 0.274 e. The molecule has 0 saturated carbocycles. The Morgan fingerprint density at radius 2 is 1.81 bits per heavy atom. The van der Waals surface area contributed by atoms with Crippen molar-refractivity contribution < 1.29 is 19.2 Å². The number of halogens is 2. The van der Waals surface area contributed by atoms with Crippen LogP contribution in [-0.2, 0) is 9.59 Å². The van der Waals surface area contributed by atoms with Crippen LogP contribution in [0.4, 0.5) is 0 Å². The Balaban J connectivity index is 1.96. The van der Waals surface area contributed by atoms with Crippen molar-refractivity contribution in [3.8, 4) is 0 Å². The van der Waals surface area contributed by atoms with Gasteiger partial charge in [0.1, 0.15) is 6.54 Å². The Labute approximate surface area is 162 Å². The topological polar surface area (TPSA) is 74.8 Å². The lowest BCUT2D eigenvalue weighted by Crippen LogP contribution is -2.51. The zero-order valence-corrected chi connectivity index (χ0v) is 15.6. The van der Waals surface area contributed by atoms with E-state index in [9.17, 15) is 19.2 Å². The number of rotatable bonds is 5. The largest absolute Gasteiger partial charge is 0.291 e. The van der Waals surface area contributed by atoms with Crippen molar-refractivity contribution in [2.24, 2.45) is 0 Å². The third-order valence-electron chi connectivity index (χ3n) is 3.75. The molecule has 134 valence electrons. The van der Waals surface area contributed by atoms with Gasteiger partial charge in [-0.2, -0.15) is 5.01 Å². The van der Waals surface area contributed by atoms with E-state index in [0.29, 0.717) is 9.90 Å². The summed E-state index contributed by atoms with van der Waals surface area (Å²) in [4.78, 5) is 50.1. The molecule has 1 aromatic carbocycles. The molecule has 0 aliphatic carbocycles. The minimum absolute atomic E-state index is 0.00977. The van der Waals surface area contributed by atoms with Crippen LogP contribution < -0.4 is 0 Å². The van der Waals surface area contributed by atoms with E-state index < -0.39 is 24.3 Å². The number of hydrazine groups is 1. The van der Waals surface area contributed by atoms with Crippen molar-refractivity contribution in [2.45, 2.75) is 12.8 Å². The fourth-order valence-corrected chi connectivity index (χ4v) is 3.67. The fraction of sp³-hybridized carbons (Fsp3) is 0.176. The number of Topliss-reactive ketones (excluding diaryl/α,β-unsaturated/α-hetero) is 1. The molecule has 1 aliphatic heterocycles. The van der Waals surface area contributed by atoms with E-state index >= 15 is 0 Å². The lowest BCUT2D eigenvalue weighted by Gasteiger charge is -2.29. The SMILES string of the molecule is O=C(CN(C(=O)c1ccc(Cl)cc1Cl)N1C(=O)CCC1=O)c1cccs1. The predicted octanol–water partition coefficient (Wildman–Crippen LogP) is 3.44. The molecule has 0 unspecified atom stereocenters. The molecule has 0 atom stereocenters. The third-order valence-corrected chi connectivity index (χ3v) is 5.21. The number of nitrogens with zero attached hydrogens (tertiary/aromatic N) is 2. The summed E-state index contributed by atoms with van der Waals surface area (Å²) in [5.41, 5.74) is 0.0440. The second kappa shape index (κ2) is 7.57. The zero-order chi connectivity index (χ0) is 18.8. The quantitative estimate of drug-likeness (QED) is 0.558. The van der Waals surface area contributed by atoms with Crippen molar-refractivity contribution in [1.29, 1.82) is 0 Å². The summed E-state index contributed by atoms with van der Waals surface area (Å²) in [6.07, 6.45) is -0.0195. The first-order valence-electron chi connectivity index (χ1n) is 7.58. The van der Waals surface area contributed by atoms with Gasteiger partial charge in [0.05, 0.1) is 15.5 Å². The van der Waals surface area contributed by atoms with Gasteiger partial charge in [-0.05, 0) is 29.6 Å². The standard InChI is InChI=1S/C17H12Cl2N2O4S/c18-10-3-4-11(12(19)8-10)17(25)20(21-15(23)5-6-16(21)24)9-13(22)14-2-1-7-26-14/h1-4,7-8H,5-6,9H2. The van der Waals surface area contributed by atoms with E-state index in [1.54, 1.807) is 17.5 Å². The van der Waals surface area contributed by atoms with Gasteiger partial charge in [-0.15, -0.1) is 11.3 Å². The van der Waals surface area contributed by atoms with Crippen LogP contribution in [0, 0.1) is 0 Å². The van der Waals surface area contributed by atoms with E-state index in [4.69, 9.17) is 23.2 Å². The van der Waals surface area contributed by atoms with Gasteiger partial charge in [0.25, 0.3) is 5.91 Å². The number of benzene rings is 1. The Morgan fingerprint density at radius 1 is 1.12 bits per heavy atom. The molecule has 1 aliphatic rings. The molecule has 2 aromatic rings. The van der Waals surface area contributed by atoms with Gasteiger partial charge in [-0.1, -0.05) is 29.3 Å². The molecule has 0 radical (unpaired) electrons. The molecular weight excluding hydrogens is 399 g/mol. The highest BCUT2D eigenvalue weighted by atomic mass is 35.5. The molecule has 1 aromatic heterocycles. The Morgan fingerprint density at radius 3 is 2.38 bits per heavy atom. The second-order valence-corrected chi connectivity index (χ2v) is 7.28. The summed E-state index contributed by atoms with van der Waals surface area (Å²) in [5, 5.41) is 3.71. The number of hydrogen-bond donors (Lipinski definition) is 0. The van der Waals surface area contributed by atoms with E-state index in [1.165, 1.54) is 29.5 Å². The summed E-state index contributed by atoms with van der Waals surface area (Å²) in [7, 11) is 0. The van der Waals surface area contributed by atoms with E-state index in [1.807, 2.05) is 0 Å². The minimum Gasteiger partial charge on any atom is -0.291 e. The maximum absolute atomic E-state index is 13.0. The van der Waals surface area contributed by atoms with Gasteiger partial charge in [-0.25, -0.2) is 5.01 Å². The average molecular weight is 411 g/mol. The van der Waals surface area contributed by atoms with Crippen molar-refractivity contribution in [1.82, 2.24) is 10.0 Å². The third kappa shape index (κ3) is 3.65. The molecule has 0 bridgehead atoms. The number of thiophene rings is 1. The van der Waals surface area contributed by atoms with Crippen molar-refractivity contribution >= 4 is 58.0 Å². The maximum atomic E-state index is 13.0. The average Bonchev–Trinajstić information content (AvgIpc) is 3.23. The van der Waals surface area contributed by atoms with Crippen LogP contribution in [0.1, 0.15) is 32.9 Å². The highest BCUT2D eigenvalue weighted by molar-refractivity contribution is 7.12. The molecule has 2 heterocycles. The van der Waals surface area contributed by atoms with Gasteiger partial charge in [0.2, 0.25) is 11.8 Å². The van der Waals surface area contributed by atoms with Crippen LogP contribution >= 0.6 is 34.5 Å². The number of ketones is 1. The van der Waals surface area contributed by atoms with Crippen LogP contribution in [0.5, 0.6) is 0 Å².